The molecule has 0 amide bonds. The highest BCUT2D eigenvalue weighted by molar-refractivity contribution is 7.71. The van der Waals surface area contributed by atoms with E-state index in [1.807, 2.05) is 0 Å². The van der Waals surface area contributed by atoms with Crippen LogP contribution in [-0.4, -0.2) is 38.6 Å². The summed E-state index contributed by atoms with van der Waals surface area (Å²) in [5.41, 5.74) is 1.38. The lowest BCUT2D eigenvalue weighted by Crippen LogP contribution is -2.29. The van der Waals surface area contributed by atoms with Crippen molar-refractivity contribution in [1.29, 1.82) is 0 Å². The molecule has 3 rings (SSSR count). The molecular formula is C16H12N5O3S-. The lowest BCUT2D eigenvalue weighted by atomic mass is 10.2. The SMILES string of the molecule is O=C([O-])COc1ccccc1/C=N/n1c(-c2ccncc2)n[nH]c1=S. The number of benzene rings is 1. The number of rotatable bonds is 6. The Hall–Kier alpha value is -3.33. The molecule has 0 saturated heterocycles. The molecule has 25 heavy (non-hydrogen) atoms. The van der Waals surface area contributed by atoms with Crippen LogP contribution in [0.25, 0.3) is 11.4 Å². The van der Waals surface area contributed by atoms with E-state index in [0.29, 0.717) is 21.9 Å². The zero-order valence-corrected chi connectivity index (χ0v) is 13.6. The number of nitrogens with one attached hydrogen (secondary N) is 1. The standard InChI is InChI=1S/C16H13N5O3S/c22-14(23)10-24-13-4-2-1-3-12(13)9-18-21-15(19-20-16(21)25)11-5-7-17-8-6-11/h1-9H,10H2,(H,20,25)(H,22,23)/p-1/b18-9+. The van der Waals surface area contributed by atoms with Gasteiger partial charge in [0.25, 0.3) is 0 Å². The second-order valence-electron chi connectivity index (χ2n) is 4.84. The van der Waals surface area contributed by atoms with Crippen LogP contribution in [-0.2, 0) is 4.79 Å². The number of carbonyl (C=O) groups is 1. The second-order valence-corrected chi connectivity index (χ2v) is 5.23. The molecule has 1 aromatic carbocycles. The van der Waals surface area contributed by atoms with Gasteiger partial charge in [0.1, 0.15) is 12.4 Å². The molecule has 0 radical (unpaired) electrons. The maximum absolute atomic E-state index is 10.6. The fraction of sp³-hybridized carbons (Fsp3) is 0.0625. The minimum Gasteiger partial charge on any atom is -0.546 e. The van der Waals surface area contributed by atoms with E-state index in [4.69, 9.17) is 17.0 Å². The van der Waals surface area contributed by atoms with E-state index in [1.54, 1.807) is 48.8 Å². The number of aromatic amines is 1. The number of carboxylic acid groups (broad SMARTS) is 1. The lowest BCUT2D eigenvalue weighted by Gasteiger charge is -2.09. The Labute approximate surface area is 147 Å². The van der Waals surface area contributed by atoms with Gasteiger partial charge in [0.2, 0.25) is 4.77 Å². The van der Waals surface area contributed by atoms with Gasteiger partial charge in [-0.2, -0.15) is 14.9 Å². The Morgan fingerprint density at radius 3 is 2.84 bits per heavy atom. The number of pyridine rings is 1. The molecule has 8 nitrogen and oxygen atoms in total. The van der Waals surface area contributed by atoms with Crippen LogP contribution in [0.5, 0.6) is 5.75 Å². The third-order valence-electron chi connectivity index (χ3n) is 3.17. The van der Waals surface area contributed by atoms with Crippen molar-refractivity contribution in [2.24, 2.45) is 5.10 Å². The zero-order valence-electron chi connectivity index (χ0n) is 12.8. The highest BCUT2D eigenvalue weighted by Gasteiger charge is 2.08. The largest absolute Gasteiger partial charge is 0.546 e. The number of ether oxygens (including phenoxy) is 1. The van der Waals surface area contributed by atoms with E-state index in [1.165, 1.54) is 10.9 Å². The topological polar surface area (TPSA) is 108 Å². The molecule has 126 valence electrons. The first-order valence-electron chi connectivity index (χ1n) is 7.19. The number of carboxylic acids is 1. The average molecular weight is 354 g/mol. The molecule has 0 unspecified atom stereocenters. The number of hydrogen-bond donors (Lipinski definition) is 1. The van der Waals surface area contributed by atoms with Crippen molar-refractivity contribution in [3.63, 3.8) is 0 Å². The summed E-state index contributed by atoms with van der Waals surface area (Å²) in [5, 5.41) is 21.8. The molecule has 0 aliphatic carbocycles. The Morgan fingerprint density at radius 1 is 1.32 bits per heavy atom. The van der Waals surface area contributed by atoms with Crippen molar-refractivity contribution in [3.05, 3.63) is 59.1 Å². The summed E-state index contributed by atoms with van der Waals surface area (Å²) in [7, 11) is 0. The molecular weight excluding hydrogens is 342 g/mol. The Bertz CT molecular complexity index is 965. The predicted octanol–water partition coefficient (Wildman–Crippen LogP) is 1.01. The molecule has 1 N–H and O–H groups in total. The number of para-hydroxylation sites is 1. The van der Waals surface area contributed by atoms with Crippen LogP contribution in [0.3, 0.4) is 0 Å². The third kappa shape index (κ3) is 3.96. The summed E-state index contributed by atoms with van der Waals surface area (Å²) in [4.78, 5) is 14.5. The van der Waals surface area contributed by atoms with Gasteiger partial charge in [-0.05, 0) is 36.5 Å². The molecule has 0 aliphatic rings. The van der Waals surface area contributed by atoms with Gasteiger partial charge in [0.05, 0.1) is 12.2 Å². The molecule has 0 bridgehead atoms. The van der Waals surface area contributed by atoms with Crippen molar-refractivity contribution >= 4 is 24.4 Å². The quantitative estimate of drug-likeness (QED) is 0.523. The number of hydrogen-bond acceptors (Lipinski definition) is 7. The molecule has 3 aromatic rings. The molecule has 2 aromatic heterocycles. The minimum absolute atomic E-state index is 0.316. The Balaban J connectivity index is 1.93. The summed E-state index contributed by atoms with van der Waals surface area (Å²) >= 11 is 5.20. The minimum atomic E-state index is -1.30. The van der Waals surface area contributed by atoms with Gasteiger partial charge in [-0.15, -0.1) is 0 Å². The van der Waals surface area contributed by atoms with Gasteiger partial charge in [-0.25, -0.2) is 5.10 Å². The van der Waals surface area contributed by atoms with E-state index < -0.39 is 12.6 Å². The lowest BCUT2D eigenvalue weighted by molar-refractivity contribution is -0.307. The predicted molar refractivity (Wildman–Crippen MR) is 90.6 cm³/mol. The number of nitrogens with zero attached hydrogens (tertiary/aromatic N) is 4. The maximum atomic E-state index is 10.6. The summed E-state index contributed by atoms with van der Waals surface area (Å²) < 4.78 is 6.97. The summed E-state index contributed by atoms with van der Waals surface area (Å²) in [6.45, 7) is -0.543. The first-order chi connectivity index (χ1) is 12.1. The number of H-pyrrole nitrogens is 1. The Morgan fingerprint density at radius 2 is 2.08 bits per heavy atom. The second kappa shape index (κ2) is 7.49. The molecule has 0 aliphatic heterocycles. The molecule has 2 heterocycles. The van der Waals surface area contributed by atoms with Gasteiger partial charge >= 0.3 is 0 Å². The maximum Gasteiger partial charge on any atom is 0.216 e. The van der Waals surface area contributed by atoms with E-state index in [2.05, 4.69) is 20.3 Å². The first-order valence-corrected chi connectivity index (χ1v) is 7.60. The van der Waals surface area contributed by atoms with Crippen LogP contribution in [0.1, 0.15) is 5.56 Å². The van der Waals surface area contributed by atoms with Crippen LogP contribution in [0, 0.1) is 4.77 Å². The van der Waals surface area contributed by atoms with Gasteiger partial charge < -0.3 is 14.6 Å². The van der Waals surface area contributed by atoms with Gasteiger partial charge in [0.15, 0.2) is 5.82 Å². The first kappa shape index (κ1) is 16.5. The number of aliphatic carboxylic acids is 1. The van der Waals surface area contributed by atoms with E-state index in [9.17, 15) is 9.90 Å². The summed E-state index contributed by atoms with van der Waals surface area (Å²) in [6, 6.07) is 10.5. The fourth-order valence-electron chi connectivity index (χ4n) is 2.06. The molecule has 0 atom stereocenters. The van der Waals surface area contributed by atoms with Crippen LogP contribution >= 0.6 is 12.2 Å². The summed E-state index contributed by atoms with van der Waals surface area (Å²) in [5.74, 6) is -0.406. The highest BCUT2D eigenvalue weighted by atomic mass is 32.1. The average Bonchev–Trinajstić information content (AvgIpc) is 3.00. The van der Waals surface area contributed by atoms with Gasteiger partial charge in [0, 0.05) is 23.5 Å². The van der Waals surface area contributed by atoms with E-state index in [0.717, 1.165) is 5.56 Å². The molecule has 0 fully saturated rings. The van der Waals surface area contributed by atoms with Crippen molar-refractivity contribution < 1.29 is 14.6 Å². The fourth-order valence-corrected chi connectivity index (χ4v) is 2.24. The van der Waals surface area contributed by atoms with Crippen molar-refractivity contribution in [3.8, 4) is 17.1 Å². The molecule has 0 saturated carbocycles. The smallest absolute Gasteiger partial charge is 0.216 e. The summed E-state index contributed by atoms with van der Waals surface area (Å²) in [6.07, 6.45) is 4.80. The Kier molecular flexibility index (Phi) is 4.95. The van der Waals surface area contributed by atoms with Crippen LogP contribution in [0.2, 0.25) is 0 Å². The van der Waals surface area contributed by atoms with Crippen LogP contribution in [0.4, 0.5) is 0 Å². The van der Waals surface area contributed by atoms with Crippen molar-refractivity contribution in [1.82, 2.24) is 19.9 Å². The van der Waals surface area contributed by atoms with Gasteiger partial charge in [-0.3, -0.25) is 4.98 Å². The van der Waals surface area contributed by atoms with Gasteiger partial charge in [-0.1, -0.05) is 12.1 Å². The number of carbonyl (C=O) groups excluding carboxylic acids is 1. The normalized spacial score (nSPS) is 10.9. The number of aromatic nitrogens is 4. The van der Waals surface area contributed by atoms with Crippen molar-refractivity contribution in [2.75, 3.05) is 6.61 Å². The third-order valence-corrected chi connectivity index (χ3v) is 3.43. The zero-order chi connectivity index (χ0) is 17.6. The van der Waals surface area contributed by atoms with Crippen LogP contribution < -0.4 is 9.84 Å². The van der Waals surface area contributed by atoms with Crippen LogP contribution in [0.15, 0.2) is 53.9 Å². The van der Waals surface area contributed by atoms with Crippen molar-refractivity contribution in [2.45, 2.75) is 0 Å². The monoisotopic (exact) mass is 354 g/mol. The highest BCUT2D eigenvalue weighted by Crippen LogP contribution is 2.18. The molecule has 0 spiro atoms. The van der Waals surface area contributed by atoms with E-state index in [-0.39, 0.29) is 0 Å². The molecule has 9 heteroatoms. The van der Waals surface area contributed by atoms with E-state index >= 15 is 0 Å².